The second-order valence-corrected chi connectivity index (χ2v) is 5.65. The van der Waals surface area contributed by atoms with E-state index in [1.54, 1.807) is 6.20 Å². The molecular weight excluding hydrogens is 293 g/mol. The van der Waals surface area contributed by atoms with Crippen LogP contribution in [0.4, 0.5) is 0 Å². The Kier molecular flexibility index (Phi) is 3.68. The van der Waals surface area contributed by atoms with Gasteiger partial charge < -0.3 is 4.74 Å². The van der Waals surface area contributed by atoms with Gasteiger partial charge in [0.15, 0.2) is 5.76 Å². The SMILES string of the molecule is CC1CC=C(Cl)C(Oc2cnc3ccccc3c2)=C1Cl. The van der Waals surface area contributed by atoms with Crippen LogP contribution in [0.1, 0.15) is 13.3 Å². The summed E-state index contributed by atoms with van der Waals surface area (Å²) in [5.74, 6) is 1.39. The van der Waals surface area contributed by atoms with Gasteiger partial charge in [0, 0.05) is 5.39 Å². The van der Waals surface area contributed by atoms with Crippen LogP contribution >= 0.6 is 23.2 Å². The van der Waals surface area contributed by atoms with Crippen LogP contribution in [-0.2, 0) is 0 Å². The highest BCUT2D eigenvalue weighted by Crippen LogP contribution is 2.35. The molecule has 102 valence electrons. The minimum atomic E-state index is 0.225. The number of allylic oxidation sites excluding steroid dienone is 3. The summed E-state index contributed by atoms with van der Waals surface area (Å²) in [6.45, 7) is 2.05. The number of benzene rings is 1. The van der Waals surface area contributed by atoms with Gasteiger partial charge in [-0.2, -0.15) is 0 Å². The molecule has 0 N–H and O–H groups in total. The molecule has 3 rings (SSSR count). The third-order valence-corrected chi connectivity index (χ3v) is 4.17. The topological polar surface area (TPSA) is 22.1 Å². The van der Waals surface area contributed by atoms with Crippen LogP contribution in [0.3, 0.4) is 0 Å². The van der Waals surface area contributed by atoms with Crippen LogP contribution in [0.2, 0.25) is 0 Å². The van der Waals surface area contributed by atoms with Gasteiger partial charge in [0.25, 0.3) is 0 Å². The molecule has 0 spiro atoms. The third kappa shape index (κ3) is 2.54. The number of ether oxygens (including phenoxy) is 1. The zero-order valence-electron chi connectivity index (χ0n) is 10.9. The monoisotopic (exact) mass is 305 g/mol. The largest absolute Gasteiger partial charge is 0.453 e. The van der Waals surface area contributed by atoms with Gasteiger partial charge in [0.05, 0.1) is 21.8 Å². The first kappa shape index (κ1) is 13.5. The van der Waals surface area contributed by atoms with E-state index < -0.39 is 0 Å². The van der Waals surface area contributed by atoms with Crippen molar-refractivity contribution in [1.82, 2.24) is 4.98 Å². The first-order chi connectivity index (χ1) is 9.65. The maximum absolute atomic E-state index is 6.31. The summed E-state index contributed by atoms with van der Waals surface area (Å²) in [4.78, 5) is 4.36. The number of aromatic nitrogens is 1. The van der Waals surface area contributed by atoms with Crippen molar-refractivity contribution in [2.24, 2.45) is 5.92 Å². The second kappa shape index (κ2) is 5.47. The van der Waals surface area contributed by atoms with E-state index in [-0.39, 0.29) is 5.92 Å². The Morgan fingerprint density at radius 3 is 2.90 bits per heavy atom. The fraction of sp³-hybridized carbons (Fsp3) is 0.188. The van der Waals surface area contributed by atoms with Crippen molar-refractivity contribution >= 4 is 34.1 Å². The molecule has 2 nitrogen and oxygen atoms in total. The predicted octanol–water partition coefficient (Wildman–Crippen LogP) is 5.23. The van der Waals surface area contributed by atoms with Gasteiger partial charge in [-0.25, -0.2) is 0 Å². The number of fused-ring (bicyclic) bond motifs is 1. The minimum absolute atomic E-state index is 0.225. The molecule has 20 heavy (non-hydrogen) atoms. The number of hydrogen-bond donors (Lipinski definition) is 0. The number of nitrogens with zero attached hydrogens (tertiary/aromatic N) is 1. The summed E-state index contributed by atoms with van der Waals surface area (Å²) < 4.78 is 5.84. The van der Waals surface area contributed by atoms with Crippen molar-refractivity contribution in [1.29, 1.82) is 0 Å². The molecule has 0 radical (unpaired) electrons. The van der Waals surface area contributed by atoms with Crippen LogP contribution in [-0.4, -0.2) is 4.98 Å². The fourth-order valence-electron chi connectivity index (χ4n) is 2.14. The van der Waals surface area contributed by atoms with Gasteiger partial charge >= 0.3 is 0 Å². The first-order valence-electron chi connectivity index (χ1n) is 6.43. The standard InChI is InChI=1S/C16H13Cl2NO/c1-10-6-7-13(17)16(15(10)18)20-12-8-11-4-2-3-5-14(11)19-9-12/h2-5,7-10H,6H2,1H3. The highest BCUT2D eigenvalue weighted by Gasteiger charge is 2.21. The number of halogens is 2. The Bertz CT molecular complexity index is 721. The third-order valence-electron chi connectivity index (χ3n) is 3.30. The van der Waals surface area contributed by atoms with Crippen LogP contribution in [0, 0.1) is 5.92 Å². The lowest BCUT2D eigenvalue weighted by atomic mass is 10.0. The van der Waals surface area contributed by atoms with Gasteiger partial charge in [-0.3, -0.25) is 4.98 Å². The van der Waals surface area contributed by atoms with E-state index in [2.05, 4.69) is 4.98 Å². The van der Waals surface area contributed by atoms with Gasteiger partial charge in [-0.05, 0) is 24.5 Å². The first-order valence-corrected chi connectivity index (χ1v) is 7.19. The van der Waals surface area contributed by atoms with E-state index in [0.29, 0.717) is 21.6 Å². The Labute approximate surface area is 127 Å². The summed E-state index contributed by atoms with van der Waals surface area (Å²) in [6, 6.07) is 9.81. The zero-order valence-corrected chi connectivity index (χ0v) is 12.4. The lowest BCUT2D eigenvalue weighted by Crippen LogP contribution is -2.08. The highest BCUT2D eigenvalue weighted by atomic mass is 35.5. The van der Waals surface area contributed by atoms with E-state index in [4.69, 9.17) is 27.9 Å². The number of rotatable bonds is 2. The van der Waals surface area contributed by atoms with Gasteiger partial charge in [-0.1, -0.05) is 54.4 Å². The zero-order chi connectivity index (χ0) is 14.1. The molecule has 1 aliphatic carbocycles. The molecule has 0 saturated heterocycles. The molecule has 0 amide bonds. The fourth-order valence-corrected chi connectivity index (χ4v) is 2.64. The number of hydrogen-bond acceptors (Lipinski definition) is 2. The van der Waals surface area contributed by atoms with Crippen LogP contribution in [0.5, 0.6) is 5.75 Å². The number of para-hydroxylation sites is 1. The Morgan fingerprint density at radius 2 is 2.05 bits per heavy atom. The Balaban J connectivity index is 1.96. The molecule has 1 aromatic heterocycles. The summed E-state index contributed by atoms with van der Waals surface area (Å²) in [5, 5.41) is 2.23. The molecule has 1 unspecified atom stereocenters. The lowest BCUT2D eigenvalue weighted by molar-refractivity contribution is 0.425. The maximum atomic E-state index is 6.31. The van der Waals surface area contributed by atoms with Crippen molar-refractivity contribution in [3.8, 4) is 5.75 Å². The van der Waals surface area contributed by atoms with E-state index in [1.165, 1.54) is 0 Å². The van der Waals surface area contributed by atoms with Gasteiger partial charge in [0.2, 0.25) is 0 Å². The van der Waals surface area contributed by atoms with Crippen LogP contribution < -0.4 is 4.74 Å². The summed E-state index contributed by atoms with van der Waals surface area (Å²) in [5.41, 5.74) is 0.929. The molecular formula is C16H13Cl2NO. The van der Waals surface area contributed by atoms with Crippen LogP contribution in [0.15, 0.2) is 58.4 Å². The minimum Gasteiger partial charge on any atom is -0.453 e. The van der Waals surface area contributed by atoms with Gasteiger partial charge in [-0.15, -0.1) is 0 Å². The van der Waals surface area contributed by atoms with Crippen molar-refractivity contribution in [2.75, 3.05) is 0 Å². The highest BCUT2D eigenvalue weighted by molar-refractivity contribution is 6.35. The smallest absolute Gasteiger partial charge is 0.160 e. The maximum Gasteiger partial charge on any atom is 0.160 e. The summed E-state index contributed by atoms with van der Waals surface area (Å²) in [7, 11) is 0. The average Bonchev–Trinajstić information content (AvgIpc) is 2.47. The molecule has 1 aromatic carbocycles. The quantitative estimate of drug-likeness (QED) is 0.758. The van der Waals surface area contributed by atoms with Crippen LogP contribution in [0.25, 0.3) is 10.9 Å². The van der Waals surface area contributed by atoms with E-state index in [0.717, 1.165) is 17.3 Å². The molecule has 1 heterocycles. The second-order valence-electron chi connectivity index (χ2n) is 4.83. The van der Waals surface area contributed by atoms with E-state index in [1.807, 2.05) is 43.3 Å². The Hall–Kier alpha value is -1.51. The molecule has 1 atom stereocenters. The molecule has 0 saturated carbocycles. The summed E-state index contributed by atoms with van der Waals surface area (Å²) in [6.07, 6.45) is 4.45. The van der Waals surface area contributed by atoms with Gasteiger partial charge in [0.1, 0.15) is 5.75 Å². The van der Waals surface area contributed by atoms with Crippen molar-refractivity contribution in [3.63, 3.8) is 0 Å². The predicted molar refractivity (Wildman–Crippen MR) is 83.0 cm³/mol. The lowest BCUT2D eigenvalue weighted by Gasteiger charge is -2.19. The van der Waals surface area contributed by atoms with Crippen molar-refractivity contribution < 1.29 is 4.74 Å². The number of pyridine rings is 1. The molecule has 0 aliphatic heterocycles. The van der Waals surface area contributed by atoms with Crippen molar-refractivity contribution in [2.45, 2.75) is 13.3 Å². The van der Waals surface area contributed by atoms with E-state index in [9.17, 15) is 0 Å². The van der Waals surface area contributed by atoms with E-state index >= 15 is 0 Å². The Morgan fingerprint density at radius 1 is 1.25 bits per heavy atom. The molecule has 0 bridgehead atoms. The summed E-state index contributed by atoms with van der Waals surface area (Å²) >= 11 is 12.5. The molecule has 1 aliphatic rings. The normalized spacial score (nSPS) is 19.1. The average molecular weight is 306 g/mol. The molecule has 4 heteroatoms. The van der Waals surface area contributed by atoms with Crippen molar-refractivity contribution in [3.05, 3.63) is 58.4 Å². The molecule has 0 fully saturated rings. The molecule has 2 aromatic rings.